The third-order valence-electron chi connectivity index (χ3n) is 3.74. The highest BCUT2D eigenvalue weighted by atomic mass is 79.9. The van der Waals surface area contributed by atoms with Gasteiger partial charge in [0.25, 0.3) is 0 Å². The van der Waals surface area contributed by atoms with Gasteiger partial charge < -0.3 is 10.6 Å². The average Bonchev–Trinajstić information content (AvgIpc) is 2.58. The molecule has 2 rings (SSSR count). The standard InChI is InChI=1S/C20H21BrN2O2/c1-13(19(22-14(2)24)16-7-5-4-6-8-16)20(23-15(3)25)17-9-11-18(21)12-10-17/h4-12,20H,1-3H3,(H,22,24)(H,23,25)/b19-13-. The fourth-order valence-corrected chi connectivity index (χ4v) is 2.89. The molecule has 4 nitrogen and oxygen atoms in total. The molecular formula is C20H21BrN2O2. The van der Waals surface area contributed by atoms with E-state index in [2.05, 4.69) is 26.6 Å². The molecule has 0 spiro atoms. The number of hydrogen-bond donors (Lipinski definition) is 2. The van der Waals surface area contributed by atoms with Gasteiger partial charge in [-0.1, -0.05) is 58.4 Å². The third kappa shape index (κ3) is 5.29. The molecule has 1 atom stereocenters. The highest BCUT2D eigenvalue weighted by molar-refractivity contribution is 9.10. The lowest BCUT2D eigenvalue weighted by atomic mass is 9.95. The summed E-state index contributed by atoms with van der Waals surface area (Å²) in [7, 11) is 0. The fraction of sp³-hybridized carbons (Fsp3) is 0.200. The predicted molar refractivity (Wildman–Crippen MR) is 104 cm³/mol. The van der Waals surface area contributed by atoms with Crippen molar-refractivity contribution in [3.05, 3.63) is 75.8 Å². The summed E-state index contributed by atoms with van der Waals surface area (Å²) in [5.41, 5.74) is 3.39. The number of nitrogens with one attached hydrogen (secondary N) is 2. The van der Waals surface area contributed by atoms with Crippen LogP contribution in [0.3, 0.4) is 0 Å². The lowest BCUT2D eigenvalue weighted by Crippen LogP contribution is -2.29. The lowest BCUT2D eigenvalue weighted by molar-refractivity contribution is -0.119. The first-order chi connectivity index (χ1) is 11.9. The van der Waals surface area contributed by atoms with E-state index in [0.717, 1.165) is 21.2 Å². The molecule has 0 saturated heterocycles. The minimum atomic E-state index is -0.340. The van der Waals surface area contributed by atoms with E-state index in [1.807, 2.05) is 61.5 Å². The molecular weight excluding hydrogens is 380 g/mol. The normalized spacial score (nSPS) is 12.8. The molecule has 25 heavy (non-hydrogen) atoms. The molecule has 0 saturated carbocycles. The Morgan fingerprint density at radius 1 is 0.880 bits per heavy atom. The number of rotatable bonds is 5. The third-order valence-corrected chi connectivity index (χ3v) is 4.27. The van der Waals surface area contributed by atoms with Gasteiger partial charge in [0.1, 0.15) is 0 Å². The van der Waals surface area contributed by atoms with Crippen molar-refractivity contribution >= 4 is 33.4 Å². The molecule has 130 valence electrons. The topological polar surface area (TPSA) is 58.2 Å². The second-order valence-electron chi connectivity index (χ2n) is 5.79. The molecule has 0 aliphatic heterocycles. The van der Waals surface area contributed by atoms with E-state index in [1.54, 1.807) is 0 Å². The SMILES string of the molecule is CC(=O)N/C(=C(/C)C(NC(C)=O)c1ccc(Br)cc1)c1ccccc1. The van der Waals surface area contributed by atoms with Crippen molar-refractivity contribution in [1.82, 2.24) is 10.6 Å². The summed E-state index contributed by atoms with van der Waals surface area (Å²) in [5.74, 6) is -0.293. The van der Waals surface area contributed by atoms with Crippen LogP contribution in [0.25, 0.3) is 5.70 Å². The molecule has 0 heterocycles. The molecule has 0 bridgehead atoms. The van der Waals surface area contributed by atoms with Gasteiger partial charge in [-0.25, -0.2) is 0 Å². The van der Waals surface area contributed by atoms with Gasteiger partial charge in [0.2, 0.25) is 11.8 Å². The summed E-state index contributed by atoms with van der Waals surface area (Å²) < 4.78 is 0.963. The van der Waals surface area contributed by atoms with Gasteiger partial charge >= 0.3 is 0 Å². The van der Waals surface area contributed by atoms with E-state index in [-0.39, 0.29) is 17.9 Å². The van der Waals surface area contributed by atoms with Gasteiger partial charge in [-0.2, -0.15) is 0 Å². The highest BCUT2D eigenvalue weighted by Crippen LogP contribution is 2.28. The Morgan fingerprint density at radius 2 is 1.48 bits per heavy atom. The van der Waals surface area contributed by atoms with E-state index in [9.17, 15) is 9.59 Å². The Labute approximate surface area is 156 Å². The summed E-state index contributed by atoms with van der Waals surface area (Å²) in [6.07, 6.45) is 0. The number of carbonyl (C=O) groups is 2. The lowest BCUT2D eigenvalue weighted by Gasteiger charge is -2.23. The number of benzene rings is 2. The molecule has 0 aliphatic rings. The highest BCUT2D eigenvalue weighted by Gasteiger charge is 2.19. The van der Waals surface area contributed by atoms with Crippen molar-refractivity contribution in [2.45, 2.75) is 26.8 Å². The summed E-state index contributed by atoms with van der Waals surface area (Å²) in [6, 6.07) is 17.0. The molecule has 1 unspecified atom stereocenters. The maximum atomic E-state index is 11.7. The van der Waals surface area contributed by atoms with E-state index in [4.69, 9.17) is 0 Å². The molecule has 2 aromatic carbocycles. The first-order valence-corrected chi connectivity index (χ1v) is 8.74. The van der Waals surface area contributed by atoms with Gasteiger partial charge in [-0.3, -0.25) is 9.59 Å². The van der Waals surface area contributed by atoms with Crippen molar-refractivity contribution in [1.29, 1.82) is 0 Å². The smallest absolute Gasteiger partial charge is 0.221 e. The van der Waals surface area contributed by atoms with E-state index < -0.39 is 0 Å². The molecule has 0 fully saturated rings. The Balaban J connectivity index is 2.57. The quantitative estimate of drug-likeness (QED) is 0.789. The van der Waals surface area contributed by atoms with Crippen LogP contribution in [0.15, 0.2) is 64.6 Å². The van der Waals surface area contributed by atoms with Crippen LogP contribution in [0.1, 0.15) is 37.9 Å². The number of halogens is 1. The number of hydrogen-bond acceptors (Lipinski definition) is 2. The molecule has 0 radical (unpaired) electrons. The van der Waals surface area contributed by atoms with Crippen LogP contribution < -0.4 is 10.6 Å². The van der Waals surface area contributed by atoms with Crippen molar-refractivity contribution in [3.8, 4) is 0 Å². The zero-order valence-electron chi connectivity index (χ0n) is 14.5. The van der Waals surface area contributed by atoms with Crippen molar-refractivity contribution in [3.63, 3.8) is 0 Å². The Bertz CT molecular complexity index is 783. The molecule has 2 N–H and O–H groups in total. The maximum Gasteiger partial charge on any atom is 0.221 e. The van der Waals surface area contributed by atoms with Crippen LogP contribution in [-0.4, -0.2) is 11.8 Å². The van der Waals surface area contributed by atoms with Gasteiger partial charge in [-0.05, 0) is 35.8 Å². The first kappa shape index (κ1) is 18.9. The summed E-state index contributed by atoms with van der Waals surface area (Å²) in [6.45, 7) is 4.88. The molecule has 0 aliphatic carbocycles. The van der Waals surface area contributed by atoms with Gasteiger partial charge in [0.05, 0.1) is 6.04 Å². The Kier molecular flexibility index (Phi) is 6.53. The zero-order valence-corrected chi connectivity index (χ0v) is 16.1. The fourth-order valence-electron chi connectivity index (χ4n) is 2.62. The van der Waals surface area contributed by atoms with Crippen molar-refractivity contribution in [2.24, 2.45) is 0 Å². The van der Waals surface area contributed by atoms with Crippen LogP contribution >= 0.6 is 15.9 Å². The van der Waals surface area contributed by atoms with Gasteiger partial charge in [0.15, 0.2) is 0 Å². The number of amides is 2. The Hall–Kier alpha value is -2.40. The van der Waals surface area contributed by atoms with Crippen LogP contribution in [-0.2, 0) is 9.59 Å². The largest absolute Gasteiger partial charge is 0.346 e. The van der Waals surface area contributed by atoms with Crippen LogP contribution in [0, 0.1) is 0 Å². The first-order valence-electron chi connectivity index (χ1n) is 7.95. The molecule has 2 amide bonds. The van der Waals surface area contributed by atoms with Crippen molar-refractivity contribution in [2.75, 3.05) is 0 Å². The minimum absolute atomic E-state index is 0.137. The number of carbonyl (C=O) groups excluding carboxylic acids is 2. The van der Waals surface area contributed by atoms with Crippen LogP contribution in [0.2, 0.25) is 0 Å². The second-order valence-corrected chi connectivity index (χ2v) is 6.71. The summed E-state index contributed by atoms with van der Waals surface area (Å²) >= 11 is 3.42. The average molecular weight is 401 g/mol. The maximum absolute atomic E-state index is 11.7. The summed E-state index contributed by atoms with van der Waals surface area (Å²) in [4.78, 5) is 23.5. The van der Waals surface area contributed by atoms with Crippen LogP contribution in [0.5, 0.6) is 0 Å². The second kappa shape index (κ2) is 8.62. The Morgan fingerprint density at radius 3 is 2.00 bits per heavy atom. The molecule has 2 aromatic rings. The van der Waals surface area contributed by atoms with Crippen LogP contribution in [0.4, 0.5) is 0 Å². The van der Waals surface area contributed by atoms with E-state index in [1.165, 1.54) is 13.8 Å². The molecule has 5 heteroatoms. The summed E-state index contributed by atoms with van der Waals surface area (Å²) in [5, 5.41) is 5.89. The zero-order chi connectivity index (χ0) is 18.4. The predicted octanol–water partition coefficient (Wildman–Crippen LogP) is 4.19. The van der Waals surface area contributed by atoms with E-state index >= 15 is 0 Å². The van der Waals surface area contributed by atoms with Crippen molar-refractivity contribution < 1.29 is 9.59 Å². The van der Waals surface area contributed by atoms with E-state index in [0.29, 0.717) is 5.70 Å². The van der Waals surface area contributed by atoms with Gasteiger partial charge in [0, 0.05) is 24.0 Å². The molecule has 0 aromatic heterocycles. The minimum Gasteiger partial charge on any atom is -0.346 e. The monoisotopic (exact) mass is 400 g/mol. The van der Waals surface area contributed by atoms with Gasteiger partial charge in [-0.15, -0.1) is 0 Å².